The second-order valence-electron chi connectivity index (χ2n) is 7.51. The molecular weight excluding hydrogens is 304 g/mol. The maximum Gasteiger partial charge on any atom is 0.330 e. The van der Waals surface area contributed by atoms with E-state index in [0.29, 0.717) is 24.3 Å². The van der Waals surface area contributed by atoms with Crippen LogP contribution in [0.2, 0.25) is 0 Å². The van der Waals surface area contributed by atoms with Gasteiger partial charge in [-0.15, -0.1) is 0 Å². The zero-order valence-corrected chi connectivity index (χ0v) is 16.2. The Balaban J connectivity index is 0. The third-order valence-corrected chi connectivity index (χ3v) is 3.75. The van der Waals surface area contributed by atoms with Crippen molar-refractivity contribution in [3.05, 3.63) is 24.3 Å². The maximum atomic E-state index is 10.5. The van der Waals surface area contributed by atoms with Crippen molar-refractivity contribution in [1.82, 2.24) is 0 Å². The van der Waals surface area contributed by atoms with E-state index in [1.54, 1.807) is 0 Å². The fourth-order valence-corrected chi connectivity index (χ4v) is 2.25. The van der Waals surface area contributed by atoms with Crippen LogP contribution in [-0.2, 0) is 9.59 Å². The van der Waals surface area contributed by atoms with Crippen molar-refractivity contribution in [2.45, 2.75) is 79.6 Å². The summed E-state index contributed by atoms with van der Waals surface area (Å²) in [5.74, 6) is -1.07. The monoisotopic (exact) mass is 340 g/mol. The number of aliphatic carboxylic acids is 2. The zero-order valence-electron chi connectivity index (χ0n) is 16.2. The molecule has 2 N–H and O–H groups in total. The standard InChI is InChI=1S/C12H22O2.C8H14O2/c1-4-6-7-11(5-2)9-8-10(3)12(13)14;1-6(7(9)10)5-8(2,3)4/h11H,3-9H2,1-2H3,(H,13,14);1,5H2,2-4H3,(H,9,10). The van der Waals surface area contributed by atoms with Crippen LogP contribution >= 0.6 is 0 Å². The van der Waals surface area contributed by atoms with Gasteiger partial charge in [0.15, 0.2) is 0 Å². The van der Waals surface area contributed by atoms with E-state index < -0.39 is 11.9 Å². The van der Waals surface area contributed by atoms with Gasteiger partial charge in [-0.05, 0) is 30.6 Å². The van der Waals surface area contributed by atoms with Gasteiger partial charge >= 0.3 is 11.9 Å². The molecule has 0 aliphatic heterocycles. The molecule has 0 saturated carbocycles. The molecule has 0 saturated heterocycles. The maximum absolute atomic E-state index is 10.5. The number of hydrogen-bond acceptors (Lipinski definition) is 2. The second kappa shape index (κ2) is 12.8. The van der Waals surface area contributed by atoms with Gasteiger partial charge in [-0.3, -0.25) is 0 Å². The van der Waals surface area contributed by atoms with Crippen LogP contribution in [0.25, 0.3) is 0 Å². The van der Waals surface area contributed by atoms with Crippen LogP contribution in [0, 0.1) is 11.3 Å². The molecule has 0 spiro atoms. The van der Waals surface area contributed by atoms with Crippen molar-refractivity contribution in [3.63, 3.8) is 0 Å². The molecular formula is C20H36O4. The number of carboxylic acids is 2. The van der Waals surface area contributed by atoms with Crippen molar-refractivity contribution < 1.29 is 19.8 Å². The van der Waals surface area contributed by atoms with Crippen molar-refractivity contribution >= 4 is 11.9 Å². The predicted octanol–water partition coefficient (Wildman–Crippen LogP) is 5.69. The minimum Gasteiger partial charge on any atom is -0.478 e. The van der Waals surface area contributed by atoms with Crippen LogP contribution in [0.1, 0.15) is 79.6 Å². The molecule has 0 radical (unpaired) electrons. The molecule has 4 heteroatoms. The highest BCUT2D eigenvalue weighted by Crippen LogP contribution is 2.22. The number of carboxylic acid groups (broad SMARTS) is 2. The van der Waals surface area contributed by atoms with E-state index in [2.05, 4.69) is 27.0 Å². The summed E-state index contributed by atoms with van der Waals surface area (Å²) in [5, 5.41) is 17.1. The third kappa shape index (κ3) is 15.3. The van der Waals surface area contributed by atoms with E-state index in [9.17, 15) is 9.59 Å². The van der Waals surface area contributed by atoms with E-state index >= 15 is 0 Å². The van der Waals surface area contributed by atoms with Crippen LogP contribution in [-0.4, -0.2) is 22.2 Å². The highest BCUT2D eigenvalue weighted by Gasteiger charge is 2.15. The highest BCUT2D eigenvalue weighted by molar-refractivity contribution is 5.86. The summed E-state index contributed by atoms with van der Waals surface area (Å²) in [6, 6.07) is 0. The molecule has 0 aromatic rings. The zero-order chi connectivity index (χ0) is 19.3. The Morgan fingerprint density at radius 1 is 0.958 bits per heavy atom. The summed E-state index contributed by atoms with van der Waals surface area (Å²) in [5.41, 5.74) is 0.655. The van der Waals surface area contributed by atoms with Crippen LogP contribution in [0.5, 0.6) is 0 Å². The Labute approximate surface area is 147 Å². The smallest absolute Gasteiger partial charge is 0.330 e. The number of hydrogen-bond donors (Lipinski definition) is 2. The number of carbonyl (C=O) groups is 2. The Kier molecular flexibility index (Phi) is 13.2. The Bertz CT molecular complexity index is 416. The summed E-state index contributed by atoms with van der Waals surface area (Å²) in [4.78, 5) is 20.8. The van der Waals surface area contributed by atoms with Gasteiger partial charge in [-0.1, -0.05) is 73.5 Å². The van der Waals surface area contributed by atoms with Crippen LogP contribution in [0.4, 0.5) is 0 Å². The average molecular weight is 341 g/mol. The molecule has 0 amide bonds. The molecule has 0 aliphatic rings. The topological polar surface area (TPSA) is 74.6 Å². The first-order valence-corrected chi connectivity index (χ1v) is 8.76. The fraction of sp³-hybridized carbons (Fsp3) is 0.700. The molecule has 0 aromatic carbocycles. The third-order valence-electron chi connectivity index (χ3n) is 3.75. The molecule has 0 heterocycles. The molecule has 0 aliphatic carbocycles. The highest BCUT2D eigenvalue weighted by atomic mass is 16.4. The van der Waals surface area contributed by atoms with E-state index in [-0.39, 0.29) is 11.0 Å². The van der Waals surface area contributed by atoms with Crippen molar-refractivity contribution in [1.29, 1.82) is 0 Å². The average Bonchev–Trinajstić information content (AvgIpc) is 2.45. The van der Waals surface area contributed by atoms with E-state index in [4.69, 9.17) is 10.2 Å². The normalized spacial score (nSPS) is 11.9. The van der Waals surface area contributed by atoms with E-state index in [1.807, 2.05) is 20.8 Å². The Morgan fingerprint density at radius 3 is 1.75 bits per heavy atom. The van der Waals surface area contributed by atoms with E-state index in [0.717, 1.165) is 12.8 Å². The van der Waals surface area contributed by atoms with Crippen LogP contribution in [0.15, 0.2) is 24.3 Å². The van der Waals surface area contributed by atoms with Gasteiger partial charge in [-0.2, -0.15) is 0 Å². The molecule has 0 bridgehead atoms. The lowest BCUT2D eigenvalue weighted by Crippen LogP contribution is -2.10. The number of unbranched alkanes of at least 4 members (excludes halogenated alkanes) is 1. The molecule has 0 aromatic heterocycles. The van der Waals surface area contributed by atoms with Crippen LogP contribution < -0.4 is 0 Å². The van der Waals surface area contributed by atoms with Crippen molar-refractivity contribution in [2.24, 2.45) is 11.3 Å². The van der Waals surface area contributed by atoms with Gasteiger partial charge in [0, 0.05) is 11.1 Å². The molecule has 1 atom stereocenters. The van der Waals surface area contributed by atoms with E-state index in [1.165, 1.54) is 19.3 Å². The van der Waals surface area contributed by atoms with Gasteiger partial charge in [0.05, 0.1) is 0 Å². The van der Waals surface area contributed by atoms with Gasteiger partial charge in [-0.25, -0.2) is 9.59 Å². The summed E-state index contributed by atoms with van der Waals surface area (Å²) in [6.07, 6.45) is 6.99. The SMILES string of the molecule is C=C(CC(C)(C)C)C(=O)O.C=C(CCC(CC)CCCC)C(=O)O. The quantitative estimate of drug-likeness (QED) is 0.501. The molecule has 140 valence electrons. The first-order chi connectivity index (χ1) is 10.9. The summed E-state index contributed by atoms with van der Waals surface area (Å²) in [7, 11) is 0. The first-order valence-electron chi connectivity index (χ1n) is 8.76. The predicted molar refractivity (Wildman–Crippen MR) is 100 cm³/mol. The fourth-order valence-electron chi connectivity index (χ4n) is 2.25. The lowest BCUT2D eigenvalue weighted by molar-refractivity contribution is -0.133. The van der Waals surface area contributed by atoms with Crippen molar-refractivity contribution in [3.8, 4) is 0 Å². The largest absolute Gasteiger partial charge is 0.478 e. The summed E-state index contributed by atoms with van der Waals surface area (Å²) in [6.45, 7) is 17.3. The molecule has 0 rings (SSSR count). The van der Waals surface area contributed by atoms with Gasteiger partial charge in [0.25, 0.3) is 0 Å². The Morgan fingerprint density at radius 2 is 1.46 bits per heavy atom. The summed E-state index contributed by atoms with van der Waals surface area (Å²) >= 11 is 0. The lowest BCUT2D eigenvalue weighted by Gasteiger charge is -2.17. The first kappa shape index (κ1) is 24.7. The minimum atomic E-state index is -0.894. The molecule has 24 heavy (non-hydrogen) atoms. The van der Waals surface area contributed by atoms with Crippen LogP contribution in [0.3, 0.4) is 0 Å². The molecule has 0 fully saturated rings. The van der Waals surface area contributed by atoms with Crippen molar-refractivity contribution in [2.75, 3.05) is 0 Å². The minimum absolute atomic E-state index is 0.0233. The van der Waals surface area contributed by atoms with Gasteiger partial charge in [0.1, 0.15) is 0 Å². The van der Waals surface area contributed by atoms with Gasteiger partial charge in [0.2, 0.25) is 0 Å². The molecule has 1 unspecified atom stereocenters. The Hall–Kier alpha value is -1.58. The lowest BCUT2D eigenvalue weighted by atomic mass is 9.88. The van der Waals surface area contributed by atoms with Gasteiger partial charge < -0.3 is 10.2 Å². The molecule has 4 nitrogen and oxygen atoms in total. The number of rotatable bonds is 10. The summed E-state index contributed by atoms with van der Waals surface area (Å²) < 4.78 is 0. The second-order valence-corrected chi connectivity index (χ2v) is 7.51.